The van der Waals surface area contributed by atoms with Crippen LogP contribution in [0.3, 0.4) is 0 Å². The molecular weight excluding hydrogens is 729 g/mol. The van der Waals surface area contributed by atoms with Gasteiger partial charge in [-0.15, -0.1) is 0 Å². The van der Waals surface area contributed by atoms with Crippen LogP contribution in [0.15, 0.2) is 61.7 Å². The van der Waals surface area contributed by atoms with E-state index >= 15 is 0 Å². The van der Waals surface area contributed by atoms with Crippen molar-refractivity contribution in [2.75, 3.05) is 31.0 Å². The maximum atomic E-state index is 13.7. The molecule has 6 rings (SSSR count). The lowest BCUT2D eigenvalue weighted by molar-refractivity contribution is 0.100. The molecule has 7 N–H and O–H groups in total. The van der Waals surface area contributed by atoms with Crippen molar-refractivity contribution in [2.45, 2.75) is 60.3 Å². The Morgan fingerprint density at radius 1 is 0.772 bits per heavy atom. The van der Waals surface area contributed by atoms with E-state index in [1.807, 2.05) is 49.0 Å². The van der Waals surface area contributed by atoms with Crippen molar-refractivity contribution in [1.82, 2.24) is 38.7 Å². The number of fused-ring (bicyclic) bond motifs is 2. The highest BCUT2D eigenvalue weighted by molar-refractivity contribution is 6.04. The van der Waals surface area contributed by atoms with Crippen LogP contribution in [0.4, 0.5) is 11.9 Å². The summed E-state index contributed by atoms with van der Waals surface area (Å²) >= 11 is 0. The van der Waals surface area contributed by atoms with Crippen LogP contribution in [0, 0.1) is 13.8 Å². The number of ether oxygens (including phenoxy) is 2. The Morgan fingerprint density at radius 2 is 1.23 bits per heavy atom. The molecule has 0 saturated heterocycles. The number of benzene rings is 2. The molecule has 298 valence electrons. The number of carbonyl (C=O) groups is 2. The van der Waals surface area contributed by atoms with Crippen LogP contribution < -0.4 is 31.6 Å². The number of aromatic nitrogens is 8. The van der Waals surface area contributed by atoms with Crippen molar-refractivity contribution in [2.24, 2.45) is 11.5 Å². The van der Waals surface area contributed by atoms with Crippen LogP contribution in [0.5, 0.6) is 11.5 Å². The first-order chi connectivity index (χ1) is 27.4. The van der Waals surface area contributed by atoms with Gasteiger partial charge in [-0.05, 0) is 64.1 Å². The summed E-state index contributed by atoms with van der Waals surface area (Å²) in [6, 6.07) is 10.5. The minimum atomic E-state index is -0.388. The summed E-state index contributed by atoms with van der Waals surface area (Å²) in [4.78, 5) is 36.9. The smallest absolute Gasteiger partial charge is 0.276 e. The van der Waals surface area contributed by atoms with Crippen molar-refractivity contribution in [3.05, 3.63) is 95.6 Å². The van der Waals surface area contributed by atoms with Gasteiger partial charge in [-0.25, -0.2) is 9.97 Å². The quantitative estimate of drug-likeness (QED) is 0.0624. The van der Waals surface area contributed by atoms with Crippen LogP contribution in [-0.2, 0) is 26.2 Å². The molecule has 0 aliphatic carbocycles. The number of imidazole rings is 2. The number of amides is 2. The number of aliphatic hydroxyl groups excluding tert-OH is 1. The maximum Gasteiger partial charge on any atom is 0.276 e. The number of carbonyl (C=O) groups excluding carboxylic acids is 2. The van der Waals surface area contributed by atoms with Gasteiger partial charge in [-0.3, -0.25) is 29.6 Å². The number of nitrogens with two attached hydrogens (primary N) is 2. The summed E-state index contributed by atoms with van der Waals surface area (Å²) in [5.74, 6) is 0.705. The Hall–Kier alpha value is -6.88. The second-order valence-corrected chi connectivity index (χ2v) is 13.3. The highest BCUT2D eigenvalue weighted by Crippen LogP contribution is 2.34. The van der Waals surface area contributed by atoms with Crippen LogP contribution >= 0.6 is 0 Å². The lowest BCUT2D eigenvalue weighted by Crippen LogP contribution is -2.20. The summed E-state index contributed by atoms with van der Waals surface area (Å²) in [5.41, 5.74) is 18.5. The number of aryl methyl sites for hydroxylation is 4. The zero-order valence-corrected chi connectivity index (χ0v) is 32.8. The number of hydrogen-bond donors (Lipinski definition) is 5. The minimum Gasteiger partial charge on any atom is -0.494 e. The summed E-state index contributed by atoms with van der Waals surface area (Å²) in [5, 5.41) is 24.3. The van der Waals surface area contributed by atoms with Crippen molar-refractivity contribution in [1.29, 1.82) is 0 Å². The molecule has 0 bridgehead atoms. The normalized spacial score (nSPS) is 11.5. The molecule has 0 aliphatic rings. The van der Waals surface area contributed by atoms with Gasteiger partial charge in [-0.2, -0.15) is 10.2 Å². The minimum absolute atomic E-state index is 0.0550. The summed E-state index contributed by atoms with van der Waals surface area (Å²) < 4.78 is 18.9. The molecule has 0 saturated carbocycles. The second-order valence-electron chi connectivity index (χ2n) is 13.3. The SMILES string of the molecule is C=C(N)c1cc(OC)c2c(c1)nc(NC(=O)c1cc(C)nn1CC)n2C/C=C/Cn1c(NC(=O)c2cc(C)nn2CC)nc2cc(C(=C)N)cc(OCCCO)c21. The molecule has 0 spiro atoms. The van der Waals surface area contributed by atoms with Crippen LogP contribution in [0.1, 0.15) is 63.8 Å². The van der Waals surface area contributed by atoms with Gasteiger partial charge in [0.2, 0.25) is 11.9 Å². The number of aliphatic hydroxyl groups is 1. The van der Waals surface area contributed by atoms with E-state index in [9.17, 15) is 14.7 Å². The lowest BCUT2D eigenvalue weighted by Gasteiger charge is -2.13. The highest BCUT2D eigenvalue weighted by atomic mass is 16.5. The standard InChI is InChI=1S/C40H48N12O5/c1-8-51-31(17-23(3)47-51)37(54)45-39-43-29-19-27(25(5)41)21-33(56-7)35(29)49(39)13-10-11-14-50-36-30(20-28(26(6)42)22-34(36)57-16-12-15-53)44-40(50)46-38(55)32-18-24(4)48-52(32)9-2/h10-11,17-22,53H,5-6,8-9,12-16,41-42H2,1-4,7H3,(H,43,45,54)(H,44,46,55)/b11-10+. The Bertz CT molecular complexity index is 2540. The largest absolute Gasteiger partial charge is 0.494 e. The van der Waals surface area contributed by atoms with E-state index in [-0.39, 0.29) is 50.0 Å². The number of nitrogens with zero attached hydrogens (tertiary/aromatic N) is 8. The highest BCUT2D eigenvalue weighted by Gasteiger charge is 2.23. The summed E-state index contributed by atoms with van der Waals surface area (Å²) in [6.45, 7) is 16.9. The van der Waals surface area contributed by atoms with E-state index in [4.69, 9.17) is 30.9 Å². The van der Waals surface area contributed by atoms with E-state index in [0.717, 1.165) is 0 Å². The van der Waals surface area contributed by atoms with E-state index in [0.29, 0.717) is 98.4 Å². The van der Waals surface area contributed by atoms with Gasteiger partial charge in [0.25, 0.3) is 11.8 Å². The van der Waals surface area contributed by atoms with Gasteiger partial charge in [0.1, 0.15) is 33.9 Å². The second kappa shape index (κ2) is 16.9. The third-order valence-corrected chi connectivity index (χ3v) is 9.20. The van der Waals surface area contributed by atoms with E-state index in [2.05, 4.69) is 34.0 Å². The third kappa shape index (κ3) is 8.23. The van der Waals surface area contributed by atoms with Gasteiger partial charge < -0.3 is 35.2 Å². The molecule has 2 aromatic carbocycles. The van der Waals surface area contributed by atoms with Gasteiger partial charge in [0.05, 0.1) is 36.1 Å². The fourth-order valence-corrected chi connectivity index (χ4v) is 6.52. The van der Waals surface area contributed by atoms with Gasteiger partial charge in [0.15, 0.2) is 0 Å². The van der Waals surface area contributed by atoms with Crippen molar-refractivity contribution in [3.63, 3.8) is 0 Å². The average Bonchev–Trinajstić information content (AvgIpc) is 3.95. The van der Waals surface area contributed by atoms with Crippen LogP contribution in [0.2, 0.25) is 0 Å². The predicted octanol–water partition coefficient (Wildman–Crippen LogP) is 4.83. The van der Waals surface area contributed by atoms with Gasteiger partial charge in [-0.1, -0.05) is 25.3 Å². The van der Waals surface area contributed by atoms with E-state index in [1.165, 1.54) is 0 Å². The molecule has 17 heteroatoms. The topological polar surface area (TPSA) is 220 Å². The average molecular weight is 777 g/mol. The Balaban J connectivity index is 1.41. The lowest BCUT2D eigenvalue weighted by atomic mass is 10.1. The molecule has 0 unspecified atom stereocenters. The van der Waals surface area contributed by atoms with Crippen molar-refractivity contribution >= 4 is 57.2 Å². The molecule has 0 radical (unpaired) electrons. The monoisotopic (exact) mass is 776 g/mol. The number of nitrogens with one attached hydrogen (secondary N) is 2. The summed E-state index contributed by atoms with van der Waals surface area (Å²) in [6.07, 6.45) is 4.21. The third-order valence-electron chi connectivity index (χ3n) is 9.20. The van der Waals surface area contributed by atoms with Gasteiger partial charge in [0, 0.05) is 61.7 Å². The number of hydrogen-bond acceptors (Lipinski definition) is 11. The number of rotatable bonds is 17. The molecule has 4 aromatic heterocycles. The predicted molar refractivity (Wildman–Crippen MR) is 220 cm³/mol. The first-order valence-corrected chi connectivity index (χ1v) is 18.5. The number of methoxy groups -OCH3 is 1. The van der Waals surface area contributed by atoms with Crippen molar-refractivity contribution < 1.29 is 24.2 Å². The number of anilines is 2. The van der Waals surface area contributed by atoms with E-state index < -0.39 is 0 Å². The molecule has 0 aliphatic heterocycles. The molecule has 0 atom stereocenters. The molecule has 17 nitrogen and oxygen atoms in total. The molecule has 0 fully saturated rings. The Kier molecular flexibility index (Phi) is 11.8. The van der Waals surface area contributed by atoms with Crippen LogP contribution in [0.25, 0.3) is 33.5 Å². The van der Waals surface area contributed by atoms with E-state index in [1.54, 1.807) is 52.9 Å². The molecule has 57 heavy (non-hydrogen) atoms. The zero-order valence-electron chi connectivity index (χ0n) is 32.8. The number of allylic oxidation sites excluding steroid dienone is 2. The zero-order chi connectivity index (χ0) is 41.0. The molecular formula is C40H48N12O5. The first-order valence-electron chi connectivity index (χ1n) is 18.5. The maximum absolute atomic E-state index is 13.7. The van der Waals surface area contributed by atoms with Crippen LogP contribution in [-0.4, -0.2) is 75.9 Å². The fraction of sp³-hybridized carbons (Fsp3) is 0.300. The molecule has 2 amide bonds. The summed E-state index contributed by atoms with van der Waals surface area (Å²) in [7, 11) is 1.55. The molecule has 6 aromatic rings. The Labute approximate surface area is 329 Å². The fourth-order valence-electron chi connectivity index (χ4n) is 6.52. The van der Waals surface area contributed by atoms with Crippen molar-refractivity contribution in [3.8, 4) is 11.5 Å². The Morgan fingerprint density at radius 3 is 1.65 bits per heavy atom. The van der Waals surface area contributed by atoms with Gasteiger partial charge >= 0.3 is 0 Å². The first kappa shape index (κ1) is 39.8. The molecule has 4 heterocycles.